The van der Waals surface area contributed by atoms with E-state index in [0.717, 1.165) is 4.47 Å². The third-order valence-electron chi connectivity index (χ3n) is 2.52. The molecular weight excluding hydrogens is 315 g/mol. The van der Waals surface area contributed by atoms with E-state index in [2.05, 4.69) is 26.2 Å². The number of nitrogens with zero attached hydrogens (tertiary/aromatic N) is 1. The standard InChI is InChI=1S/C13H12BrFN2O2/c1-19-13-6-8(14)5-12(17-13)16-7-9-10(15)3-2-4-11(9)18/h2-6,18H,7H2,1H3,(H,16,17). The number of aromatic hydroxyl groups is 1. The second kappa shape index (κ2) is 5.88. The minimum atomic E-state index is -0.463. The summed E-state index contributed by atoms with van der Waals surface area (Å²) in [6.45, 7) is 0.130. The molecule has 19 heavy (non-hydrogen) atoms. The number of halogens is 2. The highest BCUT2D eigenvalue weighted by Crippen LogP contribution is 2.23. The number of hydrogen-bond acceptors (Lipinski definition) is 4. The SMILES string of the molecule is COc1cc(Br)cc(NCc2c(O)cccc2F)n1. The summed E-state index contributed by atoms with van der Waals surface area (Å²) >= 11 is 3.33. The molecule has 2 rings (SSSR count). The van der Waals surface area contributed by atoms with Crippen molar-refractivity contribution >= 4 is 21.7 Å². The van der Waals surface area contributed by atoms with Gasteiger partial charge in [0.25, 0.3) is 0 Å². The summed E-state index contributed by atoms with van der Waals surface area (Å²) in [6, 6.07) is 7.64. The Balaban J connectivity index is 2.16. The van der Waals surface area contributed by atoms with E-state index in [9.17, 15) is 9.50 Å². The van der Waals surface area contributed by atoms with Crippen LogP contribution in [0.1, 0.15) is 5.56 Å². The molecule has 0 saturated carbocycles. The molecule has 0 aliphatic rings. The molecule has 0 spiro atoms. The predicted molar refractivity (Wildman–Crippen MR) is 73.9 cm³/mol. The highest BCUT2D eigenvalue weighted by molar-refractivity contribution is 9.10. The molecule has 0 amide bonds. The summed E-state index contributed by atoms with van der Waals surface area (Å²) < 4.78 is 19.3. The van der Waals surface area contributed by atoms with Gasteiger partial charge in [0.05, 0.1) is 7.11 Å². The van der Waals surface area contributed by atoms with Gasteiger partial charge in [-0.05, 0) is 18.2 Å². The van der Waals surface area contributed by atoms with E-state index >= 15 is 0 Å². The van der Waals surface area contributed by atoms with Gasteiger partial charge in [-0.3, -0.25) is 0 Å². The van der Waals surface area contributed by atoms with Gasteiger partial charge in [0.2, 0.25) is 5.88 Å². The number of benzene rings is 1. The van der Waals surface area contributed by atoms with Gasteiger partial charge in [-0.15, -0.1) is 0 Å². The summed E-state index contributed by atoms with van der Waals surface area (Å²) in [7, 11) is 1.52. The Kier molecular flexibility index (Phi) is 4.21. The van der Waals surface area contributed by atoms with Crippen molar-refractivity contribution < 1.29 is 14.2 Å². The molecule has 2 aromatic rings. The third-order valence-corrected chi connectivity index (χ3v) is 2.97. The van der Waals surface area contributed by atoms with Gasteiger partial charge < -0.3 is 15.2 Å². The maximum atomic E-state index is 13.5. The summed E-state index contributed by atoms with van der Waals surface area (Å²) in [6.07, 6.45) is 0. The van der Waals surface area contributed by atoms with Gasteiger partial charge in [0.1, 0.15) is 17.4 Å². The Labute approximate surface area is 118 Å². The monoisotopic (exact) mass is 326 g/mol. The highest BCUT2D eigenvalue weighted by atomic mass is 79.9. The van der Waals surface area contributed by atoms with Crippen LogP contribution in [0, 0.1) is 5.82 Å². The lowest BCUT2D eigenvalue weighted by molar-refractivity contribution is 0.398. The van der Waals surface area contributed by atoms with E-state index in [0.29, 0.717) is 11.7 Å². The number of nitrogens with one attached hydrogen (secondary N) is 1. The zero-order chi connectivity index (χ0) is 13.8. The van der Waals surface area contributed by atoms with Crippen LogP contribution in [0.4, 0.5) is 10.2 Å². The highest BCUT2D eigenvalue weighted by Gasteiger charge is 2.08. The summed E-state index contributed by atoms with van der Waals surface area (Å²) in [5, 5.41) is 12.5. The lowest BCUT2D eigenvalue weighted by Crippen LogP contribution is -2.04. The van der Waals surface area contributed by atoms with Crippen molar-refractivity contribution in [2.75, 3.05) is 12.4 Å². The van der Waals surface area contributed by atoms with Gasteiger partial charge in [0, 0.05) is 22.6 Å². The van der Waals surface area contributed by atoms with Crippen molar-refractivity contribution in [2.45, 2.75) is 6.54 Å². The Morgan fingerprint density at radius 1 is 1.42 bits per heavy atom. The number of pyridine rings is 1. The first-order valence-corrected chi connectivity index (χ1v) is 6.31. The lowest BCUT2D eigenvalue weighted by Gasteiger charge is -2.10. The van der Waals surface area contributed by atoms with Crippen LogP contribution in [-0.4, -0.2) is 17.2 Å². The Bertz CT molecular complexity index is 573. The fraction of sp³-hybridized carbons (Fsp3) is 0.154. The smallest absolute Gasteiger partial charge is 0.216 e. The van der Waals surface area contributed by atoms with Crippen molar-refractivity contribution in [2.24, 2.45) is 0 Å². The fourth-order valence-electron chi connectivity index (χ4n) is 1.57. The molecule has 2 N–H and O–H groups in total. The van der Waals surface area contributed by atoms with Crippen molar-refractivity contribution in [3.05, 3.63) is 46.2 Å². The largest absolute Gasteiger partial charge is 0.507 e. The number of aromatic nitrogens is 1. The number of phenolic OH excluding ortho intramolecular Hbond substituents is 1. The third kappa shape index (κ3) is 3.35. The van der Waals surface area contributed by atoms with Crippen molar-refractivity contribution in [3.63, 3.8) is 0 Å². The molecule has 4 nitrogen and oxygen atoms in total. The second-order valence-corrected chi connectivity index (χ2v) is 4.72. The van der Waals surface area contributed by atoms with E-state index in [1.54, 1.807) is 12.1 Å². The molecule has 0 saturated heterocycles. The lowest BCUT2D eigenvalue weighted by atomic mass is 10.2. The first-order valence-electron chi connectivity index (χ1n) is 5.52. The van der Waals surface area contributed by atoms with Gasteiger partial charge >= 0.3 is 0 Å². The molecule has 0 aliphatic carbocycles. The maximum absolute atomic E-state index is 13.5. The molecule has 0 aliphatic heterocycles. The molecule has 0 atom stereocenters. The summed E-state index contributed by atoms with van der Waals surface area (Å²) in [5.74, 6) is 0.410. The van der Waals surface area contributed by atoms with E-state index < -0.39 is 5.82 Å². The number of ether oxygens (including phenoxy) is 1. The average Bonchev–Trinajstić information content (AvgIpc) is 2.37. The molecule has 100 valence electrons. The molecule has 0 fully saturated rings. The predicted octanol–water partition coefficient (Wildman–Crippen LogP) is 3.31. The molecule has 0 bridgehead atoms. The van der Waals surface area contributed by atoms with Crippen LogP contribution in [0.25, 0.3) is 0 Å². The van der Waals surface area contributed by atoms with E-state index in [1.165, 1.54) is 25.3 Å². The molecule has 1 heterocycles. The van der Waals surface area contributed by atoms with Crippen LogP contribution >= 0.6 is 15.9 Å². The van der Waals surface area contributed by atoms with Crippen molar-refractivity contribution in [1.82, 2.24) is 4.98 Å². The number of anilines is 1. The van der Waals surface area contributed by atoms with E-state index in [4.69, 9.17) is 4.74 Å². The van der Waals surface area contributed by atoms with Crippen LogP contribution in [0.3, 0.4) is 0 Å². The van der Waals surface area contributed by atoms with Crippen LogP contribution < -0.4 is 10.1 Å². The normalized spacial score (nSPS) is 10.3. The van der Waals surface area contributed by atoms with E-state index in [-0.39, 0.29) is 17.9 Å². The Morgan fingerprint density at radius 2 is 2.21 bits per heavy atom. The van der Waals surface area contributed by atoms with E-state index in [1.807, 2.05) is 0 Å². The van der Waals surface area contributed by atoms with Crippen LogP contribution in [0.5, 0.6) is 11.6 Å². The first-order chi connectivity index (χ1) is 9.10. The Morgan fingerprint density at radius 3 is 2.89 bits per heavy atom. The van der Waals surface area contributed by atoms with Crippen LogP contribution in [0.15, 0.2) is 34.8 Å². The minimum Gasteiger partial charge on any atom is -0.507 e. The number of rotatable bonds is 4. The van der Waals surface area contributed by atoms with Crippen molar-refractivity contribution in [3.8, 4) is 11.6 Å². The van der Waals surface area contributed by atoms with Gasteiger partial charge in [-0.25, -0.2) is 4.39 Å². The van der Waals surface area contributed by atoms with Crippen LogP contribution in [0.2, 0.25) is 0 Å². The van der Waals surface area contributed by atoms with Gasteiger partial charge in [-0.2, -0.15) is 4.98 Å². The Hall–Kier alpha value is -1.82. The quantitative estimate of drug-likeness (QED) is 0.905. The molecule has 0 unspecified atom stereocenters. The zero-order valence-electron chi connectivity index (χ0n) is 10.2. The topological polar surface area (TPSA) is 54.4 Å². The second-order valence-electron chi connectivity index (χ2n) is 3.80. The number of methoxy groups -OCH3 is 1. The molecule has 1 aromatic heterocycles. The molecule has 0 radical (unpaired) electrons. The fourth-order valence-corrected chi connectivity index (χ4v) is 1.98. The molecular formula is C13H12BrFN2O2. The van der Waals surface area contributed by atoms with Crippen LogP contribution in [-0.2, 0) is 6.54 Å². The minimum absolute atomic E-state index is 0.0885. The maximum Gasteiger partial charge on any atom is 0.216 e. The summed E-state index contributed by atoms with van der Waals surface area (Å²) in [4.78, 5) is 4.16. The average molecular weight is 327 g/mol. The zero-order valence-corrected chi connectivity index (χ0v) is 11.7. The summed E-state index contributed by atoms with van der Waals surface area (Å²) in [5.41, 5.74) is 0.197. The first kappa shape index (κ1) is 13.6. The number of phenols is 1. The number of hydrogen-bond donors (Lipinski definition) is 2. The molecule has 6 heteroatoms. The van der Waals surface area contributed by atoms with Gasteiger partial charge in [0.15, 0.2) is 0 Å². The van der Waals surface area contributed by atoms with Gasteiger partial charge in [-0.1, -0.05) is 22.0 Å². The van der Waals surface area contributed by atoms with Crippen molar-refractivity contribution in [1.29, 1.82) is 0 Å². The molecule has 1 aromatic carbocycles.